The van der Waals surface area contributed by atoms with Gasteiger partial charge in [0, 0.05) is 28.6 Å². The summed E-state index contributed by atoms with van der Waals surface area (Å²) in [7, 11) is 0. The van der Waals surface area contributed by atoms with Crippen molar-refractivity contribution in [2.24, 2.45) is 0 Å². The van der Waals surface area contributed by atoms with Crippen molar-refractivity contribution in [1.29, 1.82) is 5.26 Å². The number of carbonyl (C=O) groups is 1. The van der Waals surface area contributed by atoms with Gasteiger partial charge in [0.25, 0.3) is 0 Å². The van der Waals surface area contributed by atoms with E-state index in [-0.39, 0.29) is 18.1 Å². The van der Waals surface area contributed by atoms with E-state index in [1.54, 1.807) is 16.2 Å². The third-order valence-corrected chi connectivity index (χ3v) is 7.96. The van der Waals surface area contributed by atoms with Crippen LogP contribution in [0.4, 0.5) is 5.69 Å². The zero-order valence-corrected chi connectivity index (χ0v) is 20.1. The SMILES string of the molecule is Cc1nc(SCC(=O)N(CCC#N)c2ccc3c(c2)OCCO3)c2c3c(sc2n1)CCCC3. The number of nitriles is 1. The molecule has 170 valence electrons. The van der Waals surface area contributed by atoms with Crippen LogP contribution in [0.2, 0.25) is 0 Å². The summed E-state index contributed by atoms with van der Waals surface area (Å²) in [4.78, 5) is 26.8. The summed E-state index contributed by atoms with van der Waals surface area (Å²) in [6.07, 6.45) is 4.80. The summed E-state index contributed by atoms with van der Waals surface area (Å²) in [5.41, 5.74) is 2.07. The number of carbonyl (C=O) groups excluding carboxylic acids is 1. The monoisotopic (exact) mass is 480 g/mol. The Kier molecular flexibility index (Phi) is 6.38. The Morgan fingerprint density at radius 2 is 2.03 bits per heavy atom. The molecule has 1 aliphatic carbocycles. The first-order valence-corrected chi connectivity index (χ1v) is 12.9. The van der Waals surface area contributed by atoms with Crippen LogP contribution in [0.25, 0.3) is 10.2 Å². The molecule has 0 atom stereocenters. The first-order valence-electron chi connectivity index (χ1n) is 11.1. The Bertz CT molecular complexity index is 1250. The van der Waals surface area contributed by atoms with E-state index in [0.717, 1.165) is 33.9 Å². The summed E-state index contributed by atoms with van der Waals surface area (Å²) in [5, 5.41) is 11.1. The van der Waals surface area contributed by atoms with Crippen LogP contribution in [0.1, 0.15) is 35.5 Å². The molecule has 33 heavy (non-hydrogen) atoms. The molecule has 2 aliphatic rings. The van der Waals surface area contributed by atoms with Crippen molar-refractivity contribution in [2.45, 2.75) is 44.1 Å². The number of benzene rings is 1. The number of fused-ring (bicyclic) bond motifs is 4. The molecular formula is C24H24N4O3S2. The zero-order valence-electron chi connectivity index (χ0n) is 18.4. The van der Waals surface area contributed by atoms with E-state index in [0.29, 0.717) is 36.9 Å². The highest BCUT2D eigenvalue weighted by Crippen LogP contribution is 2.40. The van der Waals surface area contributed by atoms with Gasteiger partial charge in [-0.05, 0) is 50.3 Å². The van der Waals surface area contributed by atoms with Crippen LogP contribution in [0, 0.1) is 18.3 Å². The van der Waals surface area contributed by atoms with Crippen LogP contribution in [-0.2, 0) is 17.6 Å². The molecule has 0 fully saturated rings. The number of thioether (sulfide) groups is 1. The Morgan fingerprint density at radius 1 is 1.21 bits per heavy atom. The van der Waals surface area contributed by atoms with E-state index >= 15 is 0 Å². The molecule has 0 spiro atoms. The third kappa shape index (κ3) is 4.50. The molecule has 0 bridgehead atoms. The van der Waals surface area contributed by atoms with Crippen LogP contribution >= 0.6 is 23.1 Å². The molecule has 9 heteroatoms. The summed E-state index contributed by atoms with van der Waals surface area (Å²) in [6, 6.07) is 7.62. The minimum absolute atomic E-state index is 0.0690. The maximum absolute atomic E-state index is 13.3. The average molecular weight is 481 g/mol. The number of hydrogen-bond acceptors (Lipinski definition) is 8. The molecule has 0 radical (unpaired) electrons. The minimum atomic E-state index is -0.0690. The lowest BCUT2D eigenvalue weighted by Crippen LogP contribution is -2.33. The van der Waals surface area contributed by atoms with Gasteiger partial charge in [0.2, 0.25) is 5.91 Å². The van der Waals surface area contributed by atoms with E-state index < -0.39 is 0 Å². The van der Waals surface area contributed by atoms with Crippen molar-refractivity contribution >= 4 is 44.9 Å². The molecule has 0 saturated heterocycles. The first kappa shape index (κ1) is 22.0. The quantitative estimate of drug-likeness (QED) is 0.374. The largest absolute Gasteiger partial charge is 0.486 e. The van der Waals surface area contributed by atoms with Gasteiger partial charge in [-0.3, -0.25) is 4.79 Å². The Balaban J connectivity index is 1.40. The molecule has 5 rings (SSSR count). The van der Waals surface area contributed by atoms with Crippen LogP contribution < -0.4 is 14.4 Å². The molecule has 2 aromatic heterocycles. The van der Waals surface area contributed by atoms with Gasteiger partial charge in [0.15, 0.2) is 11.5 Å². The highest BCUT2D eigenvalue weighted by Gasteiger charge is 2.23. The lowest BCUT2D eigenvalue weighted by Gasteiger charge is -2.25. The standard InChI is InChI=1S/C24H24N4O3S2/c1-15-26-23(22-17-5-2-3-6-20(17)33-24(22)27-15)32-14-21(29)28(10-4-9-25)16-7-8-18-19(13-16)31-12-11-30-18/h7-8,13H,2-6,10-12,14H2,1H3. The summed E-state index contributed by atoms with van der Waals surface area (Å²) in [6.45, 7) is 3.21. The van der Waals surface area contributed by atoms with Gasteiger partial charge in [-0.2, -0.15) is 5.26 Å². The van der Waals surface area contributed by atoms with E-state index in [1.165, 1.54) is 35.0 Å². The zero-order chi connectivity index (χ0) is 22.8. The van der Waals surface area contributed by atoms with Crippen LogP contribution in [0.5, 0.6) is 11.5 Å². The fourth-order valence-electron chi connectivity index (χ4n) is 4.30. The normalized spacial score (nSPS) is 14.5. The molecule has 0 saturated carbocycles. The van der Waals surface area contributed by atoms with Crippen LogP contribution in [0.3, 0.4) is 0 Å². The van der Waals surface area contributed by atoms with Crippen molar-refractivity contribution in [2.75, 3.05) is 30.4 Å². The maximum atomic E-state index is 13.3. The molecule has 3 aromatic rings. The number of amides is 1. The smallest absolute Gasteiger partial charge is 0.237 e. The molecular weight excluding hydrogens is 456 g/mol. The van der Waals surface area contributed by atoms with Gasteiger partial charge >= 0.3 is 0 Å². The second-order valence-corrected chi connectivity index (χ2v) is 10.1. The summed E-state index contributed by atoms with van der Waals surface area (Å²) in [5.74, 6) is 2.19. The summed E-state index contributed by atoms with van der Waals surface area (Å²) >= 11 is 3.23. The molecule has 7 nitrogen and oxygen atoms in total. The number of anilines is 1. The number of aryl methyl sites for hydroxylation is 3. The fraction of sp³-hybridized carbons (Fsp3) is 0.417. The molecule has 1 aromatic carbocycles. The van der Waals surface area contributed by atoms with E-state index in [4.69, 9.17) is 19.7 Å². The highest BCUT2D eigenvalue weighted by atomic mass is 32.2. The minimum Gasteiger partial charge on any atom is -0.486 e. The number of thiophene rings is 1. The third-order valence-electron chi connectivity index (χ3n) is 5.81. The molecule has 0 unspecified atom stereocenters. The van der Waals surface area contributed by atoms with Crippen molar-refractivity contribution < 1.29 is 14.3 Å². The molecule has 0 N–H and O–H groups in total. The topological polar surface area (TPSA) is 88.3 Å². The van der Waals surface area contributed by atoms with E-state index in [1.807, 2.05) is 25.1 Å². The number of hydrogen-bond donors (Lipinski definition) is 0. The second kappa shape index (κ2) is 9.57. The van der Waals surface area contributed by atoms with Crippen LogP contribution in [-0.4, -0.2) is 41.4 Å². The predicted molar refractivity (Wildman–Crippen MR) is 130 cm³/mol. The van der Waals surface area contributed by atoms with Crippen molar-refractivity contribution in [3.8, 4) is 17.6 Å². The molecule has 1 aliphatic heterocycles. The second-order valence-electron chi connectivity index (χ2n) is 8.04. The van der Waals surface area contributed by atoms with Gasteiger partial charge in [-0.15, -0.1) is 11.3 Å². The summed E-state index contributed by atoms with van der Waals surface area (Å²) < 4.78 is 11.3. The molecule has 1 amide bonds. The Morgan fingerprint density at radius 3 is 2.88 bits per heavy atom. The lowest BCUT2D eigenvalue weighted by molar-refractivity contribution is -0.116. The number of nitrogens with zero attached hydrogens (tertiary/aromatic N) is 4. The number of aromatic nitrogens is 2. The van der Waals surface area contributed by atoms with Gasteiger partial charge in [-0.1, -0.05) is 11.8 Å². The van der Waals surface area contributed by atoms with Gasteiger partial charge in [0.05, 0.1) is 18.2 Å². The van der Waals surface area contributed by atoms with E-state index in [2.05, 4.69) is 11.1 Å². The Hall–Kier alpha value is -2.83. The van der Waals surface area contributed by atoms with Crippen LogP contribution in [0.15, 0.2) is 23.2 Å². The van der Waals surface area contributed by atoms with Gasteiger partial charge in [-0.25, -0.2) is 9.97 Å². The number of ether oxygens (including phenoxy) is 2. The fourth-order valence-corrected chi connectivity index (χ4v) is 6.65. The first-order chi connectivity index (χ1) is 16.1. The van der Waals surface area contributed by atoms with Gasteiger partial charge in [0.1, 0.15) is 28.9 Å². The predicted octanol–water partition coefficient (Wildman–Crippen LogP) is 4.69. The van der Waals surface area contributed by atoms with Crippen molar-refractivity contribution in [3.05, 3.63) is 34.5 Å². The van der Waals surface area contributed by atoms with E-state index in [9.17, 15) is 4.79 Å². The Labute approximate surface area is 200 Å². The maximum Gasteiger partial charge on any atom is 0.237 e. The average Bonchev–Trinajstić information content (AvgIpc) is 3.21. The van der Waals surface area contributed by atoms with Crippen molar-refractivity contribution in [3.63, 3.8) is 0 Å². The van der Waals surface area contributed by atoms with Gasteiger partial charge < -0.3 is 14.4 Å². The molecule has 3 heterocycles. The highest BCUT2D eigenvalue weighted by molar-refractivity contribution is 8.00. The number of rotatable bonds is 6. The van der Waals surface area contributed by atoms with Crippen molar-refractivity contribution in [1.82, 2.24) is 9.97 Å². The lowest BCUT2D eigenvalue weighted by atomic mass is 9.97.